The summed E-state index contributed by atoms with van der Waals surface area (Å²) in [4.78, 5) is 0.456. The van der Waals surface area contributed by atoms with Crippen LogP contribution in [0.3, 0.4) is 0 Å². The average molecular weight is 153 g/mol. The van der Waals surface area contributed by atoms with E-state index in [0.717, 1.165) is 6.21 Å². The number of phenols is 1. The molecule has 0 saturated carbocycles. The first-order chi connectivity index (χ1) is 4.75. The summed E-state index contributed by atoms with van der Waals surface area (Å²) in [5, 5.41) is 15.9. The molecule has 1 aromatic carbocycles. The molecule has 0 atom stereocenters. The van der Waals surface area contributed by atoms with Gasteiger partial charge < -0.3 is 10.5 Å². The zero-order chi connectivity index (χ0) is 7.56. The molecule has 0 amide bonds. The van der Waals surface area contributed by atoms with Gasteiger partial charge in [0, 0.05) is 11.8 Å². The van der Waals surface area contributed by atoms with Crippen molar-refractivity contribution in [3.63, 3.8) is 0 Å². The molecule has 0 unspecified atom stereocenters. The van der Waals surface area contributed by atoms with E-state index in [-0.39, 0.29) is 5.75 Å². The molecule has 0 radical (unpaired) electrons. The number of hydrogen-bond donors (Lipinski definition) is 3. The van der Waals surface area contributed by atoms with Gasteiger partial charge in [-0.25, -0.2) is 0 Å². The van der Waals surface area contributed by atoms with Gasteiger partial charge in [-0.3, -0.25) is 0 Å². The average Bonchev–Trinajstić information content (AvgIpc) is 1.95. The van der Waals surface area contributed by atoms with E-state index in [4.69, 9.17) is 10.5 Å². The van der Waals surface area contributed by atoms with Crippen molar-refractivity contribution in [2.45, 2.75) is 4.90 Å². The molecule has 2 N–H and O–H groups in total. The lowest BCUT2D eigenvalue weighted by Crippen LogP contribution is -1.81. The molecule has 0 aliphatic carbocycles. The number of phenolic OH excluding ortho intramolecular Hbond substituents is 1. The highest BCUT2D eigenvalue weighted by Crippen LogP contribution is 2.22. The molecule has 0 aliphatic rings. The Morgan fingerprint density at radius 2 is 2.20 bits per heavy atom. The van der Waals surface area contributed by atoms with Gasteiger partial charge in [-0.05, 0) is 6.07 Å². The van der Waals surface area contributed by atoms with Crippen LogP contribution in [0.25, 0.3) is 0 Å². The molecule has 52 valence electrons. The zero-order valence-corrected chi connectivity index (χ0v) is 6.10. The maximum atomic E-state index is 9.05. The molecule has 0 saturated heterocycles. The van der Waals surface area contributed by atoms with Gasteiger partial charge >= 0.3 is 0 Å². The second kappa shape index (κ2) is 2.75. The highest BCUT2D eigenvalue weighted by Gasteiger charge is 1.98. The van der Waals surface area contributed by atoms with E-state index in [0.29, 0.717) is 10.5 Å². The van der Waals surface area contributed by atoms with Gasteiger partial charge in [0.05, 0.1) is 4.90 Å². The minimum atomic E-state index is 0.115. The van der Waals surface area contributed by atoms with Crippen molar-refractivity contribution >= 4 is 18.8 Å². The third-order valence-electron chi connectivity index (χ3n) is 1.20. The van der Waals surface area contributed by atoms with E-state index in [1.165, 1.54) is 6.07 Å². The monoisotopic (exact) mass is 153 g/mol. The van der Waals surface area contributed by atoms with E-state index in [9.17, 15) is 0 Å². The van der Waals surface area contributed by atoms with E-state index >= 15 is 0 Å². The Kier molecular flexibility index (Phi) is 1.97. The van der Waals surface area contributed by atoms with E-state index in [1.54, 1.807) is 12.1 Å². The van der Waals surface area contributed by atoms with Crippen molar-refractivity contribution in [1.82, 2.24) is 0 Å². The molecule has 3 heteroatoms. The van der Waals surface area contributed by atoms with E-state index in [2.05, 4.69) is 12.6 Å². The molecule has 0 spiro atoms. The fourth-order valence-electron chi connectivity index (χ4n) is 0.665. The number of rotatable bonds is 1. The lowest BCUT2D eigenvalue weighted by atomic mass is 10.2. The van der Waals surface area contributed by atoms with Crippen LogP contribution in [-0.4, -0.2) is 11.3 Å². The number of nitrogens with one attached hydrogen (secondary N) is 1. The summed E-state index contributed by atoms with van der Waals surface area (Å²) in [6, 6.07) is 4.93. The molecular formula is C7H7NOS. The largest absolute Gasteiger partial charge is 0.507 e. The van der Waals surface area contributed by atoms with Crippen LogP contribution >= 0.6 is 12.6 Å². The standard InChI is InChI=1S/C7H7NOS/c8-4-5-2-1-3-6(9)7(5)10/h1-4,8-10H. The number of thiol groups is 1. The van der Waals surface area contributed by atoms with Gasteiger partial charge in [0.1, 0.15) is 5.75 Å². The third-order valence-corrected chi connectivity index (χ3v) is 1.69. The van der Waals surface area contributed by atoms with Crippen LogP contribution in [0.5, 0.6) is 5.75 Å². The maximum Gasteiger partial charge on any atom is 0.129 e. The van der Waals surface area contributed by atoms with Crippen LogP contribution in [0.15, 0.2) is 23.1 Å². The molecule has 0 aliphatic heterocycles. The highest BCUT2D eigenvalue weighted by molar-refractivity contribution is 7.80. The van der Waals surface area contributed by atoms with Crippen LogP contribution in [0, 0.1) is 5.41 Å². The summed E-state index contributed by atoms with van der Waals surface area (Å²) in [5.74, 6) is 0.115. The molecule has 10 heavy (non-hydrogen) atoms. The van der Waals surface area contributed by atoms with Crippen LogP contribution in [0.2, 0.25) is 0 Å². The number of aromatic hydroxyl groups is 1. The summed E-state index contributed by atoms with van der Waals surface area (Å²) in [7, 11) is 0. The third kappa shape index (κ3) is 1.14. The Labute approximate surface area is 64.4 Å². The fourth-order valence-corrected chi connectivity index (χ4v) is 0.879. The van der Waals surface area contributed by atoms with Gasteiger partial charge in [-0.2, -0.15) is 0 Å². The lowest BCUT2D eigenvalue weighted by molar-refractivity contribution is 0.462. The fraction of sp³-hybridized carbons (Fsp3) is 0. The van der Waals surface area contributed by atoms with Gasteiger partial charge in [0.15, 0.2) is 0 Å². The number of benzene rings is 1. The van der Waals surface area contributed by atoms with Gasteiger partial charge in [0.25, 0.3) is 0 Å². The predicted octanol–water partition coefficient (Wildman–Crippen LogP) is 1.68. The molecule has 0 heterocycles. The molecular weight excluding hydrogens is 146 g/mol. The summed E-state index contributed by atoms with van der Waals surface area (Å²) in [5.41, 5.74) is 0.628. The quantitative estimate of drug-likeness (QED) is 0.417. The van der Waals surface area contributed by atoms with E-state index < -0.39 is 0 Å². The van der Waals surface area contributed by atoms with Gasteiger partial charge in [-0.15, -0.1) is 12.6 Å². The Morgan fingerprint density at radius 1 is 1.50 bits per heavy atom. The Morgan fingerprint density at radius 3 is 2.70 bits per heavy atom. The van der Waals surface area contributed by atoms with Gasteiger partial charge in [0.2, 0.25) is 0 Å². The number of hydrogen-bond acceptors (Lipinski definition) is 3. The van der Waals surface area contributed by atoms with Crippen molar-refractivity contribution in [2.75, 3.05) is 0 Å². The molecule has 1 rings (SSSR count). The Balaban J connectivity index is 3.27. The van der Waals surface area contributed by atoms with Gasteiger partial charge in [-0.1, -0.05) is 12.1 Å². The van der Waals surface area contributed by atoms with Crippen molar-refractivity contribution in [3.05, 3.63) is 23.8 Å². The van der Waals surface area contributed by atoms with Crippen molar-refractivity contribution in [2.24, 2.45) is 0 Å². The predicted molar refractivity (Wildman–Crippen MR) is 43.2 cm³/mol. The first kappa shape index (κ1) is 7.15. The van der Waals surface area contributed by atoms with Crippen LogP contribution in [0.4, 0.5) is 0 Å². The summed E-state index contributed by atoms with van der Waals surface area (Å²) < 4.78 is 0. The SMILES string of the molecule is N=Cc1cccc(O)c1S. The smallest absolute Gasteiger partial charge is 0.129 e. The van der Waals surface area contributed by atoms with Crippen molar-refractivity contribution < 1.29 is 5.11 Å². The molecule has 0 aromatic heterocycles. The topological polar surface area (TPSA) is 44.1 Å². The normalized spacial score (nSPS) is 9.30. The van der Waals surface area contributed by atoms with Crippen molar-refractivity contribution in [1.29, 1.82) is 5.41 Å². The van der Waals surface area contributed by atoms with Crippen molar-refractivity contribution in [3.8, 4) is 5.75 Å². The second-order valence-corrected chi connectivity index (χ2v) is 2.31. The second-order valence-electron chi connectivity index (χ2n) is 1.86. The van der Waals surface area contributed by atoms with E-state index in [1.807, 2.05) is 0 Å². The Bertz CT molecular complexity index is 260. The zero-order valence-electron chi connectivity index (χ0n) is 5.20. The van der Waals surface area contributed by atoms with Crippen LogP contribution < -0.4 is 0 Å². The molecule has 0 bridgehead atoms. The lowest BCUT2D eigenvalue weighted by Gasteiger charge is -1.98. The van der Waals surface area contributed by atoms with Crippen LogP contribution in [-0.2, 0) is 0 Å². The minimum Gasteiger partial charge on any atom is -0.507 e. The van der Waals surface area contributed by atoms with Crippen LogP contribution in [0.1, 0.15) is 5.56 Å². The minimum absolute atomic E-state index is 0.115. The summed E-state index contributed by atoms with van der Waals surface area (Å²) in [6.45, 7) is 0. The molecule has 1 aromatic rings. The molecule has 2 nitrogen and oxygen atoms in total. The Hall–Kier alpha value is -0.960. The first-order valence-electron chi connectivity index (χ1n) is 2.77. The first-order valence-corrected chi connectivity index (χ1v) is 3.22. The summed E-state index contributed by atoms with van der Waals surface area (Å²) in [6.07, 6.45) is 1.15. The highest BCUT2D eigenvalue weighted by atomic mass is 32.1. The summed E-state index contributed by atoms with van der Waals surface area (Å²) >= 11 is 3.99. The molecule has 0 fully saturated rings. The maximum absolute atomic E-state index is 9.05.